The van der Waals surface area contributed by atoms with Crippen molar-refractivity contribution in [2.24, 2.45) is 0 Å². The number of aromatic nitrogens is 1. The van der Waals surface area contributed by atoms with Crippen LogP contribution in [0.25, 0.3) is 0 Å². The van der Waals surface area contributed by atoms with Gasteiger partial charge in [0, 0.05) is 23.3 Å². The fourth-order valence-corrected chi connectivity index (χ4v) is 1.72. The number of hydrogen-bond donors (Lipinski definition) is 0. The van der Waals surface area contributed by atoms with Crippen LogP contribution in [0.5, 0.6) is 0 Å². The van der Waals surface area contributed by atoms with Crippen molar-refractivity contribution in [3.63, 3.8) is 0 Å². The fraction of sp³-hybridized carbons (Fsp3) is 0.0769. The van der Waals surface area contributed by atoms with Gasteiger partial charge in [0.1, 0.15) is 0 Å². The average Bonchev–Trinajstić information content (AvgIpc) is 2.39. The zero-order valence-corrected chi connectivity index (χ0v) is 10.9. The first-order chi connectivity index (χ1) is 8.18. The highest BCUT2D eigenvalue weighted by atomic mass is 79.9. The van der Waals surface area contributed by atoms with E-state index in [2.05, 4.69) is 20.9 Å². The van der Waals surface area contributed by atoms with Gasteiger partial charge in [-0.05, 0) is 36.4 Å². The SMILES string of the molecule is CN(C(=O)c1ccc(Br)cc1)c1cccnc1. The molecule has 1 amide bonds. The summed E-state index contributed by atoms with van der Waals surface area (Å²) in [4.78, 5) is 17.7. The summed E-state index contributed by atoms with van der Waals surface area (Å²) in [7, 11) is 1.74. The standard InChI is InChI=1S/C13H11BrN2O/c1-16(12-3-2-8-15-9-12)13(17)10-4-6-11(14)7-5-10/h2-9H,1H3. The molecule has 0 N–H and O–H groups in total. The van der Waals surface area contributed by atoms with Crippen LogP contribution in [0.2, 0.25) is 0 Å². The lowest BCUT2D eigenvalue weighted by Gasteiger charge is -2.16. The molecule has 1 aromatic heterocycles. The Bertz CT molecular complexity index is 511. The summed E-state index contributed by atoms with van der Waals surface area (Å²) in [6.45, 7) is 0. The van der Waals surface area contributed by atoms with E-state index in [4.69, 9.17) is 0 Å². The summed E-state index contributed by atoms with van der Waals surface area (Å²) >= 11 is 3.34. The molecule has 2 aromatic rings. The van der Waals surface area contributed by atoms with Crippen LogP contribution in [-0.2, 0) is 0 Å². The largest absolute Gasteiger partial charge is 0.310 e. The number of nitrogens with zero attached hydrogens (tertiary/aromatic N) is 2. The van der Waals surface area contributed by atoms with Crippen LogP contribution in [0.4, 0.5) is 5.69 Å². The van der Waals surface area contributed by atoms with E-state index in [9.17, 15) is 4.79 Å². The lowest BCUT2D eigenvalue weighted by molar-refractivity contribution is 0.0993. The van der Waals surface area contributed by atoms with Crippen LogP contribution >= 0.6 is 15.9 Å². The highest BCUT2D eigenvalue weighted by Gasteiger charge is 2.12. The van der Waals surface area contributed by atoms with Gasteiger partial charge in [-0.2, -0.15) is 0 Å². The van der Waals surface area contributed by atoms with Gasteiger partial charge in [-0.1, -0.05) is 15.9 Å². The molecule has 86 valence electrons. The van der Waals surface area contributed by atoms with Crippen molar-refractivity contribution < 1.29 is 4.79 Å². The summed E-state index contributed by atoms with van der Waals surface area (Å²) < 4.78 is 0.957. The van der Waals surface area contributed by atoms with E-state index < -0.39 is 0 Å². The van der Waals surface area contributed by atoms with Crippen LogP contribution in [0.1, 0.15) is 10.4 Å². The minimum Gasteiger partial charge on any atom is -0.310 e. The van der Waals surface area contributed by atoms with E-state index in [1.807, 2.05) is 18.2 Å². The summed E-state index contributed by atoms with van der Waals surface area (Å²) in [5.41, 5.74) is 1.43. The number of anilines is 1. The molecule has 0 radical (unpaired) electrons. The van der Waals surface area contributed by atoms with Crippen LogP contribution in [0, 0.1) is 0 Å². The number of pyridine rings is 1. The van der Waals surface area contributed by atoms with Gasteiger partial charge < -0.3 is 4.90 Å². The number of hydrogen-bond acceptors (Lipinski definition) is 2. The summed E-state index contributed by atoms with van der Waals surface area (Å²) in [5.74, 6) is -0.0505. The van der Waals surface area contributed by atoms with Gasteiger partial charge in [-0.25, -0.2) is 0 Å². The van der Waals surface area contributed by atoms with E-state index in [0.717, 1.165) is 10.2 Å². The van der Waals surface area contributed by atoms with Crippen LogP contribution in [-0.4, -0.2) is 17.9 Å². The fourth-order valence-electron chi connectivity index (χ4n) is 1.46. The molecule has 0 aliphatic carbocycles. The summed E-state index contributed by atoms with van der Waals surface area (Å²) in [5, 5.41) is 0. The molecule has 1 heterocycles. The second-order valence-electron chi connectivity index (χ2n) is 3.58. The van der Waals surface area contributed by atoms with Crippen LogP contribution in [0.15, 0.2) is 53.3 Å². The zero-order valence-electron chi connectivity index (χ0n) is 9.30. The molecule has 0 bridgehead atoms. The predicted octanol–water partition coefficient (Wildman–Crippen LogP) is 3.12. The van der Waals surface area contributed by atoms with Crippen molar-refractivity contribution in [1.29, 1.82) is 0 Å². The van der Waals surface area contributed by atoms with Crippen molar-refractivity contribution in [3.8, 4) is 0 Å². The Labute approximate surface area is 108 Å². The number of halogens is 1. The van der Waals surface area contributed by atoms with Gasteiger partial charge in [0.05, 0.1) is 11.9 Å². The first kappa shape index (κ1) is 11.8. The third kappa shape index (κ3) is 2.71. The maximum Gasteiger partial charge on any atom is 0.258 e. The minimum absolute atomic E-state index is 0.0505. The van der Waals surface area contributed by atoms with Crippen molar-refractivity contribution in [1.82, 2.24) is 4.98 Å². The predicted molar refractivity (Wildman–Crippen MR) is 71.1 cm³/mol. The number of carbonyl (C=O) groups is 1. The van der Waals surface area contributed by atoms with E-state index in [0.29, 0.717) is 5.56 Å². The molecule has 0 atom stereocenters. The second kappa shape index (κ2) is 5.10. The lowest BCUT2D eigenvalue weighted by atomic mass is 10.2. The Morgan fingerprint density at radius 1 is 1.24 bits per heavy atom. The topological polar surface area (TPSA) is 33.2 Å². The Morgan fingerprint density at radius 2 is 1.94 bits per heavy atom. The molecule has 0 unspecified atom stereocenters. The Balaban J connectivity index is 2.23. The Kier molecular flexibility index (Phi) is 3.54. The summed E-state index contributed by atoms with van der Waals surface area (Å²) in [6, 6.07) is 10.9. The van der Waals surface area contributed by atoms with Gasteiger partial charge in [0.25, 0.3) is 5.91 Å². The van der Waals surface area contributed by atoms with Crippen LogP contribution in [0.3, 0.4) is 0 Å². The number of amides is 1. The monoisotopic (exact) mass is 290 g/mol. The summed E-state index contributed by atoms with van der Waals surface area (Å²) in [6.07, 6.45) is 3.35. The highest BCUT2D eigenvalue weighted by Crippen LogP contribution is 2.15. The smallest absolute Gasteiger partial charge is 0.258 e. The van der Waals surface area contributed by atoms with Gasteiger partial charge in [-0.3, -0.25) is 9.78 Å². The zero-order chi connectivity index (χ0) is 12.3. The molecule has 0 spiro atoms. The Hall–Kier alpha value is -1.68. The van der Waals surface area contributed by atoms with Gasteiger partial charge in [0.2, 0.25) is 0 Å². The first-order valence-corrected chi connectivity index (χ1v) is 5.91. The number of carbonyl (C=O) groups excluding carboxylic acids is 1. The van der Waals surface area contributed by atoms with Crippen LogP contribution < -0.4 is 4.90 Å². The Morgan fingerprint density at radius 3 is 2.53 bits per heavy atom. The molecule has 1 aromatic carbocycles. The molecule has 2 rings (SSSR count). The molecule has 0 aliphatic rings. The van der Waals surface area contributed by atoms with Crippen molar-refractivity contribution in [2.75, 3.05) is 11.9 Å². The average molecular weight is 291 g/mol. The number of benzene rings is 1. The molecule has 4 heteroatoms. The van der Waals surface area contributed by atoms with E-state index >= 15 is 0 Å². The first-order valence-electron chi connectivity index (χ1n) is 5.12. The molecule has 0 fully saturated rings. The molecule has 0 saturated carbocycles. The molecule has 3 nitrogen and oxygen atoms in total. The molecular weight excluding hydrogens is 280 g/mol. The van der Waals surface area contributed by atoms with Gasteiger partial charge in [0.15, 0.2) is 0 Å². The number of rotatable bonds is 2. The molecule has 0 saturated heterocycles. The maximum absolute atomic E-state index is 12.1. The van der Waals surface area contributed by atoms with Gasteiger partial charge >= 0.3 is 0 Å². The molecule has 17 heavy (non-hydrogen) atoms. The molecule has 0 aliphatic heterocycles. The molecular formula is C13H11BrN2O. The quantitative estimate of drug-likeness (QED) is 0.851. The van der Waals surface area contributed by atoms with Crippen molar-refractivity contribution >= 4 is 27.5 Å². The lowest BCUT2D eigenvalue weighted by Crippen LogP contribution is -2.26. The normalized spacial score (nSPS) is 10.0. The minimum atomic E-state index is -0.0505. The van der Waals surface area contributed by atoms with Crippen molar-refractivity contribution in [3.05, 3.63) is 58.8 Å². The highest BCUT2D eigenvalue weighted by molar-refractivity contribution is 9.10. The second-order valence-corrected chi connectivity index (χ2v) is 4.50. The van der Waals surface area contributed by atoms with E-state index in [-0.39, 0.29) is 5.91 Å². The van der Waals surface area contributed by atoms with E-state index in [1.165, 1.54) is 0 Å². The maximum atomic E-state index is 12.1. The van der Waals surface area contributed by atoms with E-state index in [1.54, 1.807) is 42.5 Å². The third-order valence-electron chi connectivity index (χ3n) is 2.43. The van der Waals surface area contributed by atoms with Crippen molar-refractivity contribution in [2.45, 2.75) is 0 Å². The third-order valence-corrected chi connectivity index (χ3v) is 2.96. The van der Waals surface area contributed by atoms with Gasteiger partial charge in [-0.15, -0.1) is 0 Å².